The Kier molecular flexibility index (Phi) is 4.88. The van der Waals surface area contributed by atoms with Crippen molar-refractivity contribution < 1.29 is 9.90 Å². The Morgan fingerprint density at radius 3 is 2.30 bits per heavy atom. The lowest BCUT2D eigenvalue weighted by Gasteiger charge is -2.16. The van der Waals surface area contributed by atoms with E-state index in [9.17, 15) is 9.90 Å². The number of nitrogen functional groups attached to an aromatic ring is 1. The van der Waals surface area contributed by atoms with Crippen molar-refractivity contribution in [1.82, 2.24) is 4.57 Å². The number of aromatic nitrogens is 1. The SMILES string of the molecule is CC(C)c1c(-c2ccc(C(=O)O)cc2)c2cc(N)c(C=N)cc2n1-c1ccccc1. The second-order valence-corrected chi connectivity index (χ2v) is 7.61. The number of benzene rings is 3. The van der Waals surface area contributed by atoms with Crippen LogP contribution in [0.4, 0.5) is 5.69 Å². The van der Waals surface area contributed by atoms with Gasteiger partial charge in [0.2, 0.25) is 0 Å². The highest BCUT2D eigenvalue weighted by molar-refractivity contribution is 6.04. The lowest BCUT2D eigenvalue weighted by molar-refractivity contribution is 0.0697. The Morgan fingerprint density at radius 2 is 1.73 bits per heavy atom. The van der Waals surface area contributed by atoms with Crippen LogP contribution in [0.1, 0.15) is 41.4 Å². The van der Waals surface area contributed by atoms with Gasteiger partial charge in [-0.25, -0.2) is 4.79 Å². The highest BCUT2D eigenvalue weighted by Crippen LogP contribution is 2.42. The number of nitrogens with two attached hydrogens (primary N) is 1. The van der Waals surface area contributed by atoms with Gasteiger partial charge in [-0.15, -0.1) is 0 Å². The van der Waals surface area contributed by atoms with E-state index in [2.05, 4.69) is 30.5 Å². The van der Waals surface area contributed by atoms with Crippen LogP contribution in [-0.2, 0) is 0 Å². The Balaban J connectivity index is 2.13. The van der Waals surface area contributed by atoms with E-state index in [1.54, 1.807) is 12.1 Å². The number of hydrogen-bond donors (Lipinski definition) is 3. The predicted molar refractivity (Wildman–Crippen MR) is 122 cm³/mol. The fraction of sp³-hybridized carbons (Fsp3) is 0.120. The molecule has 0 atom stereocenters. The highest BCUT2D eigenvalue weighted by atomic mass is 16.4. The van der Waals surface area contributed by atoms with E-state index in [-0.39, 0.29) is 11.5 Å². The van der Waals surface area contributed by atoms with E-state index in [0.717, 1.165) is 33.4 Å². The van der Waals surface area contributed by atoms with Crippen molar-refractivity contribution in [3.05, 3.63) is 83.6 Å². The normalized spacial score (nSPS) is 11.2. The number of anilines is 1. The molecule has 3 aromatic carbocycles. The van der Waals surface area contributed by atoms with Gasteiger partial charge in [-0.2, -0.15) is 0 Å². The fourth-order valence-electron chi connectivity index (χ4n) is 4.00. The first-order valence-electron chi connectivity index (χ1n) is 9.79. The summed E-state index contributed by atoms with van der Waals surface area (Å²) < 4.78 is 2.22. The number of fused-ring (bicyclic) bond motifs is 1. The van der Waals surface area contributed by atoms with Crippen molar-refractivity contribution in [3.8, 4) is 16.8 Å². The van der Waals surface area contributed by atoms with E-state index >= 15 is 0 Å². The third kappa shape index (κ3) is 3.14. The number of aromatic carboxylic acids is 1. The molecule has 0 radical (unpaired) electrons. The zero-order valence-corrected chi connectivity index (χ0v) is 16.9. The summed E-state index contributed by atoms with van der Waals surface area (Å²) in [4.78, 5) is 11.3. The molecule has 0 amide bonds. The number of carbonyl (C=O) groups is 1. The van der Waals surface area contributed by atoms with Crippen molar-refractivity contribution >= 4 is 28.8 Å². The minimum absolute atomic E-state index is 0.191. The van der Waals surface area contributed by atoms with Gasteiger partial charge in [-0.05, 0) is 47.9 Å². The van der Waals surface area contributed by atoms with E-state index in [0.29, 0.717) is 11.3 Å². The average Bonchev–Trinajstić information content (AvgIpc) is 3.08. The largest absolute Gasteiger partial charge is 0.478 e. The monoisotopic (exact) mass is 397 g/mol. The van der Waals surface area contributed by atoms with Crippen LogP contribution in [0.3, 0.4) is 0 Å². The molecule has 4 rings (SSSR count). The molecule has 4 aromatic rings. The summed E-state index contributed by atoms with van der Waals surface area (Å²) in [5, 5.41) is 18.0. The van der Waals surface area contributed by atoms with Crippen LogP contribution >= 0.6 is 0 Å². The van der Waals surface area contributed by atoms with Crippen molar-refractivity contribution in [1.29, 1.82) is 5.41 Å². The van der Waals surface area contributed by atoms with Gasteiger partial charge in [0.25, 0.3) is 0 Å². The number of carboxylic acid groups (broad SMARTS) is 1. The Morgan fingerprint density at radius 1 is 1.07 bits per heavy atom. The number of nitrogens with zero attached hydrogens (tertiary/aromatic N) is 1. The topological polar surface area (TPSA) is 92.1 Å². The molecule has 4 N–H and O–H groups in total. The summed E-state index contributed by atoms with van der Waals surface area (Å²) >= 11 is 0. The van der Waals surface area contributed by atoms with E-state index in [1.165, 1.54) is 6.21 Å². The second-order valence-electron chi connectivity index (χ2n) is 7.61. The van der Waals surface area contributed by atoms with Gasteiger partial charge < -0.3 is 20.8 Å². The summed E-state index contributed by atoms with van der Waals surface area (Å²) in [5.41, 5.74) is 12.8. The first-order chi connectivity index (χ1) is 14.4. The molecule has 30 heavy (non-hydrogen) atoms. The summed E-state index contributed by atoms with van der Waals surface area (Å²) in [7, 11) is 0. The molecular weight excluding hydrogens is 374 g/mol. The minimum Gasteiger partial charge on any atom is -0.478 e. The Bertz CT molecular complexity index is 1250. The Labute approximate surface area is 174 Å². The zero-order valence-electron chi connectivity index (χ0n) is 16.9. The van der Waals surface area contributed by atoms with Crippen LogP contribution in [0.2, 0.25) is 0 Å². The molecule has 150 valence electrons. The van der Waals surface area contributed by atoms with Crippen LogP contribution in [0.5, 0.6) is 0 Å². The zero-order chi connectivity index (χ0) is 21.4. The van der Waals surface area contributed by atoms with Crippen molar-refractivity contribution in [2.24, 2.45) is 0 Å². The number of rotatable bonds is 5. The Hall–Kier alpha value is -3.86. The molecule has 0 aliphatic carbocycles. The summed E-state index contributed by atoms with van der Waals surface area (Å²) in [6.07, 6.45) is 1.27. The van der Waals surface area contributed by atoms with Crippen LogP contribution in [0, 0.1) is 5.41 Å². The molecular formula is C25H23N3O2. The quantitative estimate of drug-likeness (QED) is 0.298. The summed E-state index contributed by atoms with van der Waals surface area (Å²) in [6.45, 7) is 4.29. The van der Waals surface area contributed by atoms with Gasteiger partial charge in [0.1, 0.15) is 0 Å². The van der Waals surface area contributed by atoms with E-state index < -0.39 is 5.97 Å². The first kappa shape index (κ1) is 19.5. The van der Waals surface area contributed by atoms with Gasteiger partial charge >= 0.3 is 5.97 Å². The molecule has 0 saturated carbocycles. The number of hydrogen-bond acceptors (Lipinski definition) is 3. The molecule has 0 aliphatic heterocycles. The summed E-state index contributed by atoms with van der Waals surface area (Å²) in [6, 6.07) is 20.9. The number of carboxylic acids is 1. The van der Waals surface area contributed by atoms with Gasteiger partial charge in [-0.1, -0.05) is 44.2 Å². The van der Waals surface area contributed by atoms with Crippen LogP contribution < -0.4 is 5.73 Å². The molecule has 0 aliphatic rings. The maximum Gasteiger partial charge on any atom is 0.335 e. The third-order valence-corrected chi connectivity index (χ3v) is 5.35. The molecule has 1 heterocycles. The number of para-hydroxylation sites is 1. The lowest BCUT2D eigenvalue weighted by atomic mass is 9.95. The maximum absolute atomic E-state index is 11.3. The van der Waals surface area contributed by atoms with Gasteiger partial charge in [0.05, 0.1) is 11.1 Å². The molecule has 0 bridgehead atoms. The third-order valence-electron chi connectivity index (χ3n) is 5.35. The lowest BCUT2D eigenvalue weighted by Crippen LogP contribution is -2.03. The fourth-order valence-corrected chi connectivity index (χ4v) is 4.00. The van der Waals surface area contributed by atoms with E-state index in [1.807, 2.05) is 42.5 Å². The minimum atomic E-state index is -0.947. The van der Waals surface area contributed by atoms with E-state index in [4.69, 9.17) is 11.1 Å². The molecule has 5 nitrogen and oxygen atoms in total. The summed E-state index contributed by atoms with van der Waals surface area (Å²) in [5.74, 6) is -0.756. The van der Waals surface area contributed by atoms with Crippen LogP contribution in [0.15, 0.2) is 66.7 Å². The predicted octanol–water partition coefficient (Wildman–Crippen LogP) is 5.70. The van der Waals surface area contributed by atoms with Crippen molar-refractivity contribution in [3.63, 3.8) is 0 Å². The standard InChI is InChI=1S/C25H23N3O2/c1-15(2)24-23(16-8-10-17(11-9-16)25(29)30)20-13-21(27)18(14-26)12-22(20)28(24)19-6-4-3-5-7-19/h3-15,26H,27H2,1-2H3,(H,29,30). The van der Waals surface area contributed by atoms with Gasteiger partial charge in [0.15, 0.2) is 0 Å². The molecule has 5 heteroatoms. The second kappa shape index (κ2) is 7.52. The average molecular weight is 397 g/mol. The first-order valence-corrected chi connectivity index (χ1v) is 9.79. The number of nitrogens with one attached hydrogen (secondary N) is 1. The molecule has 0 unspecified atom stereocenters. The van der Waals surface area contributed by atoms with Gasteiger partial charge in [0, 0.05) is 39.8 Å². The van der Waals surface area contributed by atoms with Crippen LogP contribution in [-0.4, -0.2) is 21.9 Å². The maximum atomic E-state index is 11.3. The molecule has 0 fully saturated rings. The smallest absolute Gasteiger partial charge is 0.335 e. The van der Waals surface area contributed by atoms with Crippen molar-refractivity contribution in [2.75, 3.05) is 5.73 Å². The molecule has 0 saturated heterocycles. The van der Waals surface area contributed by atoms with Crippen LogP contribution in [0.25, 0.3) is 27.7 Å². The van der Waals surface area contributed by atoms with Gasteiger partial charge in [-0.3, -0.25) is 0 Å². The highest BCUT2D eigenvalue weighted by Gasteiger charge is 2.23. The molecule has 1 aromatic heterocycles. The molecule has 0 spiro atoms. The van der Waals surface area contributed by atoms with Crippen molar-refractivity contribution in [2.45, 2.75) is 19.8 Å².